The number of aromatic amines is 1. The van der Waals surface area contributed by atoms with Crippen LogP contribution in [0.25, 0.3) is 0 Å². The molecule has 0 aliphatic carbocycles. The van der Waals surface area contributed by atoms with Crippen LogP contribution >= 0.6 is 0 Å². The molecule has 22 N–H and O–H groups in total. The Kier molecular flexibility index (Phi) is 31.8. The normalized spacial score (nSPS) is 14.4. The maximum atomic E-state index is 14.2. The Labute approximate surface area is 383 Å². The largest absolute Gasteiger partial charge is 0.480 e. The van der Waals surface area contributed by atoms with E-state index in [0.717, 1.165) is 0 Å². The Morgan fingerprint density at radius 3 is 1.06 bits per heavy atom. The lowest BCUT2D eigenvalue weighted by Crippen LogP contribution is -2.60. The quantitative estimate of drug-likeness (QED) is 0.0294. The molecular formula is C42H81N15O8. The van der Waals surface area contributed by atoms with E-state index < -0.39 is 83.7 Å². The van der Waals surface area contributed by atoms with Crippen molar-refractivity contribution in [3.05, 3.63) is 18.2 Å². The number of rotatable bonds is 39. The second kappa shape index (κ2) is 35.5. The molecule has 7 atom stereocenters. The first-order valence-corrected chi connectivity index (χ1v) is 23.2. The number of unbranched alkanes of at least 4 members (excludes halogenated alkanes) is 6. The van der Waals surface area contributed by atoms with Gasteiger partial charge in [-0.25, -0.2) is 9.78 Å². The zero-order valence-corrected chi connectivity index (χ0v) is 38.2. The lowest BCUT2D eigenvalue weighted by Gasteiger charge is -2.28. The highest BCUT2D eigenvalue weighted by Gasteiger charge is 2.34. The van der Waals surface area contributed by atoms with Gasteiger partial charge < -0.3 is 82.1 Å². The smallest absolute Gasteiger partial charge is 0.326 e. The minimum absolute atomic E-state index is 0.0652. The zero-order valence-electron chi connectivity index (χ0n) is 38.2. The molecule has 0 bridgehead atoms. The highest BCUT2D eigenvalue weighted by molar-refractivity contribution is 5.97. The van der Waals surface area contributed by atoms with Crippen LogP contribution in [0.5, 0.6) is 0 Å². The van der Waals surface area contributed by atoms with Gasteiger partial charge in [0.2, 0.25) is 35.4 Å². The summed E-state index contributed by atoms with van der Waals surface area (Å²) in [5, 5.41) is 26.0. The number of aromatic nitrogens is 2. The van der Waals surface area contributed by atoms with Crippen molar-refractivity contribution in [3.63, 3.8) is 0 Å². The molecule has 372 valence electrons. The molecule has 23 nitrogen and oxygen atoms in total. The molecule has 0 fully saturated rings. The number of nitrogens with two attached hydrogens (primary N) is 7. The molecule has 0 radical (unpaired) electrons. The van der Waals surface area contributed by atoms with E-state index in [0.29, 0.717) is 128 Å². The number of aliphatic carboxylic acids is 1. The van der Waals surface area contributed by atoms with Crippen LogP contribution in [-0.4, -0.2) is 138 Å². The number of carboxylic acid groups (broad SMARTS) is 1. The number of nitrogens with zero attached hydrogens (tertiary/aromatic N) is 1. The summed E-state index contributed by atoms with van der Waals surface area (Å²) < 4.78 is 0. The third-order valence-corrected chi connectivity index (χ3v) is 10.8. The van der Waals surface area contributed by atoms with Gasteiger partial charge in [0.15, 0.2) is 0 Å². The Hall–Kier alpha value is -4.78. The van der Waals surface area contributed by atoms with Crippen LogP contribution in [-0.2, 0) is 40.0 Å². The molecule has 0 unspecified atom stereocenters. The van der Waals surface area contributed by atoms with Gasteiger partial charge in [-0.15, -0.1) is 0 Å². The van der Waals surface area contributed by atoms with Gasteiger partial charge in [0, 0.05) is 18.3 Å². The number of amides is 6. The van der Waals surface area contributed by atoms with Gasteiger partial charge in [0.1, 0.15) is 36.3 Å². The first-order valence-electron chi connectivity index (χ1n) is 23.2. The highest BCUT2D eigenvalue weighted by atomic mass is 16.4. The zero-order chi connectivity index (χ0) is 48.4. The average molecular weight is 924 g/mol. The van der Waals surface area contributed by atoms with Crippen molar-refractivity contribution in [1.29, 1.82) is 0 Å². The van der Waals surface area contributed by atoms with Gasteiger partial charge in [-0.1, -0.05) is 6.42 Å². The fourth-order valence-electron chi connectivity index (χ4n) is 6.90. The Bertz CT molecular complexity index is 1520. The Morgan fingerprint density at radius 2 is 0.738 bits per heavy atom. The number of imidazole rings is 1. The minimum atomic E-state index is -1.26. The van der Waals surface area contributed by atoms with Crippen LogP contribution in [0.1, 0.15) is 121 Å². The van der Waals surface area contributed by atoms with E-state index in [1.807, 2.05) is 0 Å². The van der Waals surface area contributed by atoms with Crippen molar-refractivity contribution >= 4 is 41.4 Å². The minimum Gasteiger partial charge on any atom is -0.480 e. The SMILES string of the molecule is NCCCC[C@H](NC(=O)[C@H](CCCCN)NC(=O)[C@H](CCCCN)NC(=O)[C@H](CCCCN)NC(=O)[C@H](Cc1cnc[nH]1)NC(=O)[C@H](CCCCN)NC(=O)[C@@H](N)CCCCN)C(=O)O. The van der Waals surface area contributed by atoms with Gasteiger partial charge in [0.05, 0.1) is 12.4 Å². The van der Waals surface area contributed by atoms with Crippen LogP contribution in [0, 0.1) is 0 Å². The fourth-order valence-corrected chi connectivity index (χ4v) is 6.90. The third kappa shape index (κ3) is 24.9. The summed E-state index contributed by atoms with van der Waals surface area (Å²) in [7, 11) is 0. The molecule has 0 aliphatic heterocycles. The molecule has 0 aliphatic rings. The van der Waals surface area contributed by atoms with Crippen molar-refractivity contribution in [2.24, 2.45) is 40.1 Å². The Balaban J connectivity index is 3.43. The molecule has 1 rings (SSSR count). The van der Waals surface area contributed by atoms with E-state index in [4.69, 9.17) is 40.1 Å². The van der Waals surface area contributed by atoms with Gasteiger partial charge >= 0.3 is 5.97 Å². The number of carboxylic acids is 1. The number of nitrogens with one attached hydrogen (secondary N) is 7. The van der Waals surface area contributed by atoms with Crippen LogP contribution < -0.4 is 72.0 Å². The summed E-state index contributed by atoms with van der Waals surface area (Å²) in [5.41, 5.74) is 40.7. The lowest BCUT2D eigenvalue weighted by molar-refractivity contribution is -0.142. The van der Waals surface area contributed by atoms with Crippen molar-refractivity contribution in [2.75, 3.05) is 39.3 Å². The predicted octanol–water partition coefficient (Wildman–Crippen LogP) is -2.95. The Morgan fingerprint density at radius 1 is 0.446 bits per heavy atom. The molecule has 0 saturated carbocycles. The van der Waals surface area contributed by atoms with Crippen molar-refractivity contribution < 1.29 is 38.7 Å². The molecule has 65 heavy (non-hydrogen) atoms. The number of hydrogen-bond donors (Lipinski definition) is 15. The molecule has 23 heteroatoms. The molecule has 6 amide bonds. The van der Waals surface area contributed by atoms with E-state index in [9.17, 15) is 38.7 Å². The van der Waals surface area contributed by atoms with Crippen LogP contribution in [0.2, 0.25) is 0 Å². The number of carbonyl (C=O) groups is 7. The molecule has 1 heterocycles. The third-order valence-electron chi connectivity index (χ3n) is 10.8. The maximum absolute atomic E-state index is 14.2. The van der Waals surface area contributed by atoms with Crippen LogP contribution in [0.4, 0.5) is 0 Å². The molecule has 1 aromatic rings. The standard InChI is InChI=1S/C42H81N15O8/c43-19-7-1-13-29(49)36(58)52-30(14-2-8-20-44)40(62)57-35(25-28-26-50-27-51-28)41(63)55-32(16-4-10-22-46)38(60)53-31(15-3-9-21-45)37(59)54-33(17-5-11-23-47)39(61)56-34(42(64)65)18-6-12-24-48/h26-27,29-35H,1-25,43-49H2,(H,50,51)(H,52,58)(H,53,60)(H,54,59)(H,55,63)(H,56,61)(H,57,62)(H,64,65)/t29-,30-,31-,32-,33-,34-,35-/m0/s1. The molecule has 0 spiro atoms. The summed E-state index contributed by atoms with van der Waals surface area (Å²) in [6.45, 7) is 2.12. The second-order valence-corrected chi connectivity index (χ2v) is 16.3. The van der Waals surface area contributed by atoms with E-state index >= 15 is 0 Å². The predicted molar refractivity (Wildman–Crippen MR) is 247 cm³/mol. The summed E-state index contributed by atoms with van der Waals surface area (Å²) in [6, 6.07) is -7.96. The highest BCUT2D eigenvalue weighted by Crippen LogP contribution is 2.11. The average Bonchev–Trinajstić information content (AvgIpc) is 3.80. The number of carbonyl (C=O) groups excluding carboxylic acids is 6. The van der Waals surface area contributed by atoms with Gasteiger partial charge in [0.25, 0.3) is 0 Å². The maximum Gasteiger partial charge on any atom is 0.326 e. The summed E-state index contributed by atoms with van der Waals surface area (Å²) in [6.07, 6.45) is 10.2. The summed E-state index contributed by atoms with van der Waals surface area (Å²) in [5.74, 6) is -5.25. The van der Waals surface area contributed by atoms with Crippen LogP contribution in [0.3, 0.4) is 0 Å². The number of H-pyrrole nitrogens is 1. The van der Waals surface area contributed by atoms with Gasteiger partial charge in [-0.2, -0.15) is 0 Å². The first kappa shape index (κ1) is 58.2. The molecule has 0 saturated heterocycles. The molecule has 1 aromatic heterocycles. The fraction of sp³-hybridized carbons (Fsp3) is 0.762. The van der Waals surface area contributed by atoms with Crippen molar-refractivity contribution in [3.8, 4) is 0 Å². The van der Waals surface area contributed by atoms with Crippen molar-refractivity contribution in [2.45, 2.75) is 164 Å². The summed E-state index contributed by atoms with van der Waals surface area (Å²) >= 11 is 0. The first-order chi connectivity index (χ1) is 31.3. The van der Waals surface area contributed by atoms with Gasteiger partial charge in [-0.05, 0) is 148 Å². The van der Waals surface area contributed by atoms with Crippen molar-refractivity contribution in [1.82, 2.24) is 41.9 Å². The monoisotopic (exact) mass is 924 g/mol. The van der Waals surface area contributed by atoms with Crippen LogP contribution in [0.15, 0.2) is 12.5 Å². The van der Waals surface area contributed by atoms with Gasteiger partial charge in [-0.3, -0.25) is 28.8 Å². The molecular weight excluding hydrogens is 843 g/mol. The summed E-state index contributed by atoms with van der Waals surface area (Å²) in [4.78, 5) is 102. The topological polar surface area (TPSA) is 423 Å². The van der Waals surface area contributed by atoms with E-state index in [1.54, 1.807) is 0 Å². The van der Waals surface area contributed by atoms with E-state index in [1.165, 1.54) is 12.5 Å². The lowest BCUT2D eigenvalue weighted by atomic mass is 10.0. The van der Waals surface area contributed by atoms with E-state index in [-0.39, 0.29) is 38.5 Å². The van der Waals surface area contributed by atoms with E-state index in [2.05, 4.69) is 41.9 Å². The molecule has 0 aromatic carbocycles. The number of hydrogen-bond acceptors (Lipinski definition) is 15. The second-order valence-electron chi connectivity index (χ2n) is 16.3.